The van der Waals surface area contributed by atoms with Gasteiger partial charge in [0.2, 0.25) is 11.7 Å². The van der Waals surface area contributed by atoms with Crippen molar-refractivity contribution >= 4 is 17.1 Å². The standard InChI is InChI=1S/C16H20N6O2/c1-21(2)15-18-11-8-10(4-5-12(11)23-15)13-19-14(24-20-13)16(17)6-7-22(3)9-16/h4-5,8H,6-7,9,17H2,1-3H3. The summed E-state index contributed by atoms with van der Waals surface area (Å²) in [5.41, 5.74) is 8.15. The van der Waals surface area contributed by atoms with Gasteiger partial charge in [-0.15, -0.1) is 0 Å². The molecular formula is C16H20N6O2. The first-order valence-corrected chi connectivity index (χ1v) is 7.84. The van der Waals surface area contributed by atoms with Gasteiger partial charge >= 0.3 is 0 Å². The summed E-state index contributed by atoms with van der Waals surface area (Å²) in [4.78, 5) is 12.9. The molecule has 1 atom stereocenters. The van der Waals surface area contributed by atoms with Crippen molar-refractivity contribution in [2.75, 3.05) is 39.1 Å². The fraction of sp³-hybridized carbons (Fsp3) is 0.438. The van der Waals surface area contributed by atoms with Crippen LogP contribution in [-0.4, -0.2) is 54.3 Å². The molecule has 0 bridgehead atoms. The number of benzene rings is 1. The molecule has 1 aliphatic heterocycles. The van der Waals surface area contributed by atoms with Crippen molar-refractivity contribution in [3.05, 3.63) is 24.1 Å². The Morgan fingerprint density at radius 2 is 2.12 bits per heavy atom. The molecule has 3 aromatic rings. The van der Waals surface area contributed by atoms with E-state index in [2.05, 4.69) is 20.0 Å². The maximum Gasteiger partial charge on any atom is 0.297 e. The highest BCUT2D eigenvalue weighted by Crippen LogP contribution is 2.30. The lowest BCUT2D eigenvalue weighted by Gasteiger charge is -2.18. The van der Waals surface area contributed by atoms with E-state index in [4.69, 9.17) is 14.7 Å². The van der Waals surface area contributed by atoms with Crippen molar-refractivity contribution in [1.29, 1.82) is 0 Å². The van der Waals surface area contributed by atoms with E-state index in [1.807, 2.05) is 44.2 Å². The molecule has 0 spiro atoms. The summed E-state index contributed by atoms with van der Waals surface area (Å²) >= 11 is 0. The number of likely N-dealkylation sites (tertiary alicyclic amines) is 1. The Morgan fingerprint density at radius 3 is 2.83 bits per heavy atom. The Morgan fingerprint density at radius 1 is 1.29 bits per heavy atom. The number of rotatable bonds is 3. The minimum absolute atomic E-state index is 0.482. The second kappa shape index (κ2) is 5.29. The van der Waals surface area contributed by atoms with Crippen LogP contribution >= 0.6 is 0 Å². The number of likely N-dealkylation sites (N-methyl/N-ethyl adjacent to an activating group) is 1. The number of hydrogen-bond donors (Lipinski definition) is 1. The van der Waals surface area contributed by atoms with Gasteiger partial charge in [-0.3, -0.25) is 0 Å². The highest BCUT2D eigenvalue weighted by Gasteiger charge is 2.39. The molecular weight excluding hydrogens is 308 g/mol. The summed E-state index contributed by atoms with van der Waals surface area (Å²) in [6.07, 6.45) is 0.805. The molecule has 8 heteroatoms. The van der Waals surface area contributed by atoms with Gasteiger partial charge in [0.05, 0.1) is 0 Å². The summed E-state index contributed by atoms with van der Waals surface area (Å²) in [6, 6.07) is 6.21. The van der Waals surface area contributed by atoms with Gasteiger partial charge in [-0.2, -0.15) is 9.97 Å². The number of anilines is 1. The lowest BCUT2D eigenvalue weighted by molar-refractivity contribution is 0.278. The lowest BCUT2D eigenvalue weighted by atomic mass is 10.0. The number of nitrogens with two attached hydrogens (primary N) is 1. The van der Waals surface area contributed by atoms with E-state index in [1.165, 1.54) is 0 Å². The topological polar surface area (TPSA) is 97.5 Å². The second-order valence-electron chi connectivity index (χ2n) is 6.64. The van der Waals surface area contributed by atoms with Crippen LogP contribution in [0.4, 0.5) is 6.01 Å². The van der Waals surface area contributed by atoms with Crippen molar-refractivity contribution in [3.8, 4) is 11.4 Å². The summed E-state index contributed by atoms with van der Waals surface area (Å²) in [5.74, 6) is 0.997. The van der Waals surface area contributed by atoms with Gasteiger partial charge < -0.3 is 24.5 Å². The van der Waals surface area contributed by atoms with E-state index in [-0.39, 0.29) is 0 Å². The molecule has 24 heavy (non-hydrogen) atoms. The van der Waals surface area contributed by atoms with Gasteiger partial charge in [0.15, 0.2) is 5.58 Å². The number of fused-ring (bicyclic) bond motifs is 1. The molecule has 0 saturated carbocycles. The first-order valence-electron chi connectivity index (χ1n) is 7.84. The first-order chi connectivity index (χ1) is 11.4. The Bertz CT molecular complexity index is 886. The number of aromatic nitrogens is 3. The first kappa shape index (κ1) is 15.1. The fourth-order valence-corrected chi connectivity index (χ4v) is 2.99. The fourth-order valence-electron chi connectivity index (χ4n) is 2.99. The van der Waals surface area contributed by atoms with E-state index in [1.54, 1.807) is 0 Å². The summed E-state index contributed by atoms with van der Waals surface area (Å²) in [7, 11) is 5.81. The predicted octanol–water partition coefficient (Wildman–Crippen LogP) is 1.43. The highest BCUT2D eigenvalue weighted by atomic mass is 16.5. The molecule has 0 radical (unpaired) electrons. The van der Waals surface area contributed by atoms with E-state index >= 15 is 0 Å². The van der Waals surface area contributed by atoms with Crippen LogP contribution < -0.4 is 10.6 Å². The highest BCUT2D eigenvalue weighted by molar-refractivity contribution is 5.80. The normalized spacial score (nSPS) is 21.7. The number of oxazole rings is 1. The molecule has 8 nitrogen and oxygen atoms in total. The minimum atomic E-state index is -0.573. The molecule has 2 aromatic heterocycles. The van der Waals surface area contributed by atoms with Crippen LogP contribution in [0, 0.1) is 0 Å². The Kier molecular flexibility index (Phi) is 3.33. The van der Waals surface area contributed by atoms with Crippen LogP contribution in [0.15, 0.2) is 27.1 Å². The summed E-state index contributed by atoms with van der Waals surface area (Å²) in [5, 5.41) is 4.10. The average Bonchev–Trinajstić information content (AvgIpc) is 3.24. The largest absolute Gasteiger partial charge is 0.423 e. The van der Waals surface area contributed by atoms with Crippen LogP contribution in [-0.2, 0) is 5.54 Å². The van der Waals surface area contributed by atoms with Crippen LogP contribution in [0.25, 0.3) is 22.5 Å². The number of hydrogen-bond acceptors (Lipinski definition) is 8. The van der Waals surface area contributed by atoms with Crippen LogP contribution in [0.2, 0.25) is 0 Å². The molecule has 0 amide bonds. The van der Waals surface area contributed by atoms with E-state index in [0.29, 0.717) is 24.3 Å². The molecule has 1 aliphatic rings. The molecule has 1 aromatic carbocycles. The van der Waals surface area contributed by atoms with Gasteiger partial charge in [0.1, 0.15) is 11.1 Å². The van der Waals surface area contributed by atoms with Crippen LogP contribution in [0.1, 0.15) is 12.3 Å². The SMILES string of the molecule is CN1CCC(N)(c2nc(-c3ccc4oc(N(C)C)nc4c3)no2)C1. The third-order valence-corrected chi connectivity index (χ3v) is 4.36. The zero-order valence-electron chi connectivity index (χ0n) is 14.0. The van der Waals surface area contributed by atoms with Crippen molar-refractivity contribution in [2.24, 2.45) is 5.73 Å². The molecule has 126 valence electrons. The summed E-state index contributed by atoms with van der Waals surface area (Å²) in [6.45, 7) is 1.63. The second-order valence-corrected chi connectivity index (χ2v) is 6.64. The monoisotopic (exact) mass is 328 g/mol. The zero-order valence-corrected chi connectivity index (χ0v) is 14.0. The molecule has 2 N–H and O–H groups in total. The maximum absolute atomic E-state index is 6.42. The van der Waals surface area contributed by atoms with Crippen molar-refractivity contribution < 1.29 is 8.94 Å². The van der Waals surface area contributed by atoms with E-state index < -0.39 is 5.54 Å². The molecule has 0 aliphatic carbocycles. The van der Waals surface area contributed by atoms with Crippen molar-refractivity contribution in [2.45, 2.75) is 12.0 Å². The summed E-state index contributed by atoms with van der Waals surface area (Å²) < 4.78 is 11.1. The molecule has 1 saturated heterocycles. The van der Waals surface area contributed by atoms with Gasteiger partial charge in [-0.05, 0) is 31.7 Å². The molecule has 3 heterocycles. The Labute approximate surface area is 139 Å². The third kappa shape index (κ3) is 2.44. The Hall–Kier alpha value is -2.45. The van der Waals surface area contributed by atoms with Gasteiger partial charge in [-0.1, -0.05) is 5.16 Å². The smallest absolute Gasteiger partial charge is 0.297 e. The molecule has 4 rings (SSSR count). The predicted molar refractivity (Wildman–Crippen MR) is 89.6 cm³/mol. The van der Waals surface area contributed by atoms with Crippen molar-refractivity contribution in [3.63, 3.8) is 0 Å². The average molecular weight is 328 g/mol. The van der Waals surface area contributed by atoms with Crippen LogP contribution in [0.3, 0.4) is 0 Å². The minimum Gasteiger partial charge on any atom is -0.423 e. The number of nitrogens with zero attached hydrogens (tertiary/aromatic N) is 5. The van der Waals surface area contributed by atoms with Gasteiger partial charge in [0.25, 0.3) is 6.01 Å². The quantitative estimate of drug-likeness (QED) is 0.771. The van der Waals surface area contributed by atoms with E-state index in [0.717, 1.165) is 29.6 Å². The van der Waals surface area contributed by atoms with Crippen molar-refractivity contribution in [1.82, 2.24) is 20.0 Å². The zero-order chi connectivity index (χ0) is 16.9. The Balaban J connectivity index is 1.68. The molecule has 1 fully saturated rings. The maximum atomic E-state index is 6.42. The van der Waals surface area contributed by atoms with E-state index in [9.17, 15) is 0 Å². The van der Waals surface area contributed by atoms with Gasteiger partial charge in [-0.25, -0.2) is 0 Å². The van der Waals surface area contributed by atoms with Crippen LogP contribution in [0.5, 0.6) is 0 Å². The lowest BCUT2D eigenvalue weighted by Crippen LogP contribution is -2.39. The molecule has 1 unspecified atom stereocenters. The third-order valence-electron chi connectivity index (χ3n) is 4.36. The van der Waals surface area contributed by atoms with Gasteiger partial charge in [0, 0.05) is 32.7 Å².